The minimum atomic E-state index is -0.190. The number of hydrogen-bond donors (Lipinski definition) is 1. The van der Waals surface area contributed by atoms with Crippen molar-refractivity contribution in [3.63, 3.8) is 0 Å². The van der Waals surface area contributed by atoms with Gasteiger partial charge in [0, 0.05) is 26.3 Å². The van der Waals surface area contributed by atoms with Gasteiger partial charge in [-0.15, -0.1) is 0 Å². The van der Waals surface area contributed by atoms with Gasteiger partial charge in [0.05, 0.1) is 0 Å². The van der Waals surface area contributed by atoms with Crippen LogP contribution in [0.4, 0.5) is 5.69 Å². The summed E-state index contributed by atoms with van der Waals surface area (Å²) in [5, 5.41) is 3.54. The first-order valence-corrected chi connectivity index (χ1v) is 9.41. The van der Waals surface area contributed by atoms with Crippen LogP contribution in [0.25, 0.3) is 22.6 Å². The number of oxazole rings is 1. The molecule has 1 N–H and O–H groups in total. The van der Waals surface area contributed by atoms with Gasteiger partial charge in [-0.05, 0) is 61.0 Å². The number of fused-ring (bicyclic) bond motifs is 1. The Morgan fingerprint density at radius 1 is 1.11 bits per heavy atom. The van der Waals surface area contributed by atoms with Crippen LogP contribution >= 0.6 is 27.5 Å². The number of aryl methyl sites for hydroxylation is 1. The third-order valence-corrected chi connectivity index (χ3v) is 5.05. The fourth-order valence-corrected chi connectivity index (χ4v) is 3.27. The van der Waals surface area contributed by atoms with Crippen molar-refractivity contribution in [3.8, 4) is 11.5 Å². The number of hydrogen-bond acceptors (Lipinski definition) is 3. The number of amides is 1. The summed E-state index contributed by atoms with van der Waals surface area (Å²) >= 11 is 9.57. The third kappa shape index (κ3) is 3.75. The standard InChI is InChI=1S/C21H14BrClN2O2/c1-12-5-6-14(10-17(12)23)21-25-18-11-16(7-8-19(18)27-21)24-20(26)13-3-2-4-15(22)9-13/h2-11H,1H3,(H,24,26). The number of nitrogens with zero attached hydrogens (tertiary/aromatic N) is 1. The Bertz CT molecular complexity index is 1170. The summed E-state index contributed by atoms with van der Waals surface area (Å²) in [6, 6.07) is 18.3. The SMILES string of the molecule is Cc1ccc(-c2nc3cc(NC(=O)c4cccc(Br)c4)ccc3o2)cc1Cl. The largest absolute Gasteiger partial charge is 0.436 e. The summed E-state index contributed by atoms with van der Waals surface area (Å²) in [5.41, 5.74) is 4.32. The first-order chi connectivity index (χ1) is 13.0. The van der Waals surface area contributed by atoms with Crippen LogP contribution in [0.3, 0.4) is 0 Å². The lowest BCUT2D eigenvalue weighted by Crippen LogP contribution is -2.11. The molecule has 4 nitrogen and oxygen atoms in total. The maximum Gasteiger partial charge on any atom is 0.255 e. The zero-order valence-electron chi connectivity index (χ0n) is 14.3. The fraction of sp³-hybridized carbons (Fsp3) is 0.0476. The van der Waals surface area contributed by atoms with Crippen molar-refractivity contribution in [3.05, 3.63) is 81.3 Å². The summed E-state index contributed by atoms with van der Waals surface area (Å²) in [6.45, 7) is 1.94. The van der Waals surface area contributed by atoms with E-state index in [1.54, 1.807) is 30.3 Å². The highest BCUT2D eigenvalue weighted by molar-refractivity contribution is 9.10. The predicted molar refractivity (Wildman–Crippen MR) is 111 cm³/mol. The molecule has 1 heterocycles. The van der Waals surface area contributed by atoms with E-state index >= 15 is 0 Å². The molecule has 0 radical (unpaired) electrons. The average Bonchev–Trinajstić information content (AvgIpc) is 3.07. The van der Waals surface area contributed by atoms with Crippen LogP contribution in [-0.4, -0.2) is 10.9 Å². The van der Waals surface area contributed by atoms with E-state index in [1.165, 1.54) is 0 Å². The van der Waals surface area contributed by atoms with Gasteiger partial charge in [-0.3, -0.25) is 4.79 Å². The second kappa shape index (κ2) is 7.18. The van der Waals surface area contributed by atoms with E-state index in [0.717, 1.165) is 15.6 Å². The monoisotopic (exact) mass is 440 g/mol. The van der Waals surface area contributed by atoms with Crippen LogP contribution in [0, 0.1) is 6.92 Å². The summed E-state index contributed by atoms with van der Waals surface area (Å²) in [7, 11) is 0. The van der Waals surface area contributed by atoms with Crippen LogP contribution in [-0.2, 0) is 0 Å². The molecule has 1 aromatic heterocycles. The number of carbonyl (C=O) groups excluding carboxylic acids is 1. The lowest BCUT2D eigenvalue weighted by atomic mass is 10.1. The van der Waals surface area contributed by atoms with Gasteiger partial charge in [-0.2, -0.15) is 0 Å². The first-order valence-electron chi connectivity index (χ1n) is 8.23. The normalized spacial score (nSPS) is 10.9. The lowest BCUT2D eigenvalue weighted by Gasteiger charge is -2.05. The fourth-order valence-electron chi connectivity index (χ4n) is 2.69. The van der Waals surface area contributed by atoms with Gasteiger partial charge in [-0.1, -0.05) is 39.7 Å². The van der Waals surface area contributed by atoms with Crippen LogP contribution in [0.1, 0.15) is 15.9 Å². The van der Waals surface area contributed by atoms with Crippen LogP contribution in [0.2, 0.25) is 5.02 Å². The van der Waals surface area contributed by atoms with Crippen LogP contribution < -0.4 is 5.32 Å². The molecule has 0 spiro atoms. The van der Waals surface area contributed by atoms with Gasteiger partial charge in [-0.25, -0.2) is 4.98 Å². The van der Waals surface area contributed by atoms with E-state index < -0.39 is 0 Å². The van der Waals surface area contributed by atoms with Crippen LogP contribution in [0.5, 0.6) is 0 Å². The number of nitrogens with one attached hydrogen (secondary N) is 1. The number of anilines is 1. The van der Waals surface area contributed by atoms with Gasteiger partial charge in [0.1, 0.15) is 5.52 Å². The van der Waals surface area contributed by atoms with E-state index in [1.807, 2.05) is 37.3 Å². The van der Waals surface area contributed by atoms with Crippen molar-refractivity contribution in [2.45, 2.75) is 6.92 Å². The van der Waals surface area contributed by atoms with Gasteiger partial charge < -0.3 is 9.73 Å². The third-order valence-electron chi connectivity index (χ3n) is 4.15. The summed E-state index contributed by atoms with van der Waals surface area (Å²) < 4.78 is 6.67. The van der Waals surface area contributed by atoms with Crippen molar-refractivity contribution in [2.24, 2.45) is 0 Å². The molecule has 4 aromatic rings. The molecule has 0 aliphatic carbocycles. The Hall–Kier alpha value is -2.63. The van der Waals surface area contributed by atoms with Crippen molar-refractivity contribution in [1.82, 2.24) is 4.98 Å². The Balaban J connectivity index is 1.62. The van der Waals surface area contributed by atoms with E-state index in [4.69, 9.17) is 16.0 Å². The van der Waals surface area contributed by atoms with Gasteiger partial charge in [0.15, 0.2) is 5.58 Å². The van der Waals surface area contributed by atoms with Gasteiger partial charge >= 0.3 is 0 Å². The quantitative estimate of drug-likeness (QED) is 0.396. The second-order valence-corrected chi connectivity index (χ2v) is 7.45. The molecule has 0 fully saturated rings. The minimum Gasteiger partial charge on any atom is -0.436 e. The molecule has 1 amide bonds. The van der Waals surface area contributed by atoms with E-state index in [0.29, 0.717) is 33.3 Å². The highest BCUT2D eigenvalue weighted by atomic mass is 79.9. The Morgan fingerprint density at radius 3 is 2.74 bits per heavy atom. The molecule has 0 unspecified atom stereocenters. The highest BCUT2D eigenvalue weighted by Gasteiger charge is 2.12. The van der Waals surface area contributed by atoms with Crippen LogP contribution in [0.15, 0.2) is 69.6 Å². The molecule has 6 heteroatoms. The van der Waals surface area contributed by atoms with E-state index in [2.05, 4.69) is 26.2 Å². The van der Waals surface area contributed by atoms with E-state index in [-0.39, 0.29) is 5.91 Å². The topological polar surface area (TPSA) is 55.1 Å². The molecule has 134 valence electrons. The molecule has 3 aromatic carbocycles. The zero-order chi connectivity index (χ0) is 19.0. The van der Waals surface area contributed by atoms with E-state index in [9.17, 15) is 4.79 Å². The second-order valence-electron chi connectivity index (χ2n) is 6.13. The number of aromatic nitrogens is 1. The summed E-state index contributed by atoms with van der Waals surface area (Å²) in [4.78, 5) is 16.9. The molecular formula is C21H14BrClN2O2. The maximum atomic E-state index is 12.4. The number of halogens is 2. The zero-order valence-corrected chi connectivity index (χ0v) is 16.6. The Labute approximate surface area is 169 Å². The molecule has 0 aliphatic rings. The molecule has 4 rings (SSSR count). The molecule has 0 atom stereocenters. The predicted octanol–water partition coefficient (Wildman–Crippen LogP) is 6.47. The smallest absolute Gasteiger partial charge is 0.255 e. The highest BCUT2D eigenvalue weighted by Crippen LogP contribution is 2.29. The molecular weight excluding hydrogens is 428 g/mol. The first kappa shape index (κ1) is 17.8. The van der Waals surface area contributed by atoms with Crippen molar-refractivity contribution in [1.29, 1.82) is 0 Å². The van der Waals surface area contributed by atoms with Gasteiger partial charge in [0.25, 0.3) is 5.91 Å². The molecule has 0 aliphatic heterocycles. The summed E-state index contributed by atoms with van der Waals surface area (Å²) in [5.74, 6) is 0.298. The molecule has 0 saturated carbocycles. The number of carbonyl (C=O) groups is 1. The van der Waals surface area contributed by atoms with Gasteiger partial charge in [0.2, 0.25) is 5.89 Å². The number of rotatable bonds is 3. The average molecular weight is 442 g/mol. The lowest BCUT2D eigenvalue weighted by molar-refractivity contribution is 0.102. The molecule has 27 heavy (non-hydrogen) atoms. The number of benzene rings is 3. The maximum absolute atomic E-state index is 12.4. The van der Waals surface area contributed by atoms with Crippen molar-refractivity contribution >= 4 is 50.2 Å². The summed E-state index contributed by atoms with van der Waals surface area (Å²) in [6.07, 6.45) is 0. The molecule has 0 saturated heterocycles. The van der Waals surface area contributed by atoms with Crippen molar-refractivity contribution < 1.29 is 9.21 Å². The van der Waals surface area contributed by atoms with Crippen molar-refractivity contribution in [2.75, 3.05) is 5.32 Å². The Morgan fingerprint density at radius 2 is 1.96 bits per heavy atom. The Kier molecular flexibility index (Phi) is 4.72. The molecule has 0 bridgehead atoms. The minimum absolute atomic E-state index is 0.190.